The predicted molar refractivity (Wildman–Crippen MR) is 198 cm³/mol. The van der Waals surface area contributed by atoms with Crippen LogP contribution in [0.4, 0.5) is 0 Å². The van der Waals surface area contributed by atoms with Crippen LogP contribution < -0.4 is 9.47 Å². The van der Waals surface area contributed by atoms with E-state index in [1.165, 1.54) is 24.3 Å². The minimum atomic E-state index is -2.98. The van der Waals surface area contributed by atoms with Crippen LogP contribution in [0.5, 0.6) is 11.5 Å². The maximum atomic E-state index is 11.4. The highest BCUT2D eigenvalue weighted by atomic mass is 79.9. The molecule has 1 spiro atoms. The minimum Gasteiger partial charge on any atom is -0.491 e. The topological polar surface area (TPSA) is 106 Å². The van der Waals surface area contributed by atoms with Gasteiger partial charge in [-0.15, -0.1) is 0 Å². The third kappa shape index (κ3) is 11.6. The van der Waals surface area contributed by atoms with Gasteiger partial charge in [-0.1, -0.05) is 31.9 Å². The zero-order valence-corrected chi connectivity index (χ0v) is 33.0. The van der Waals surface area contributed by atoms with E-state index in [-0.39, 0.29) is 31.0 Å². The molecule has 0 bridgehead atoms. The molecule has 4 aliphatic rings. The molecule has 4 aliphatic heterocycles. The van der Waals surface area contributed by atoms with Gasteiger partial charge in [-0.25, -0.2) is 8.42 Å². The van der Waals surface area contributed by atoms with E-state index in [9.17, 15) is 18.6 Å². The second kappa shape index (κ2) is 16.5. The Labute approximate surface area is 300 Å². The summed E-state index contributed by atoms with van der Waals surface area (Å²) in [6, 6.07) is 7.83. The van der Waals surface area contributed by atoms with Gasteiger partial charge < -0.3 is 24.4 Å². The maximum Gasteiger partial charge on any atom is 0.150 e. The first-order valence-corrected chi connectivity index (χ1v) is 21.6. The number of ether oxygens (including phenoxy) is 3. The summed E-state index contributed by atoms with van der Waals surface area (Å²) in [7, 11) is -2.98. The van der Waals surface area contributed by atoms with E-state index < -0.39 is 21.0 Å². The maximum absolute atomic E-state index is 11.4. The number of hydrogen-bond acceptors (Lipinski definition) is 9. The van der Waals surface area contributed by atoms with Crippen molar-refractivity contribution in [3.05, 3.63) is 55.5 Å². The molecule has 4 heterocycles. The van der Waals surface area contributed by atoms with E-state index in [0.717, 1.165) is 67.9 Å². The molecule has 2 aromatic carbocycles. The number of halogens is 2. The highest BCUT2D eigenvalue weighted by molar-refractivity contribution is 9.10. The number of benzene rings is 2. The van der Waals surface area contributed by atoms with Gasteiger partial charge in [0.15, 0.2) is 9.84 Å². The summed E-state index contributed by atoms with van der Waals surface area (Å²) in [6.07, 6.45) is 4.74. The molecule has 2 aromatic rings. The van der Waals surface area contributed by atoms with Crippen molar-refractivity contribution < 1.29 is 32.8 Å². The van der Waals surface area contributed by atoms with Crippen molar-refractivity contribution in [3.8, 4) is 11.5 Å². The lowest BCUT2D eigenvalue weighted by molar-refractivity contribution is -0.0129. The Kier molecular flexibility index (Phi) is 13.7. The summed E-state index contributed by atoms with van der Waals surface area (Å²) in [5.74, 6) is 6.30. The first kappa shape index (κ1) is 38.3. The summed E-state index contributed by atoms with van der Waals surface area (Å²) in [4.78, 5) is 0. The molecular weight excluding hydrogens is 776 g/mol. The lowest BCUT2D eigenvalue weighted by Gasteiger charge is -2.31. The molecule has 4 saturated heterocycles. The van der Waals surface area contributed by atoms with Gasteiger partial charge >= 0.3 is 0 Å². The number of aryl methyl sites for hydroxylation is 4. The third-order valence-corrected chi connectivity index (χ3v) is 15.1. The van der Waals surface area contributed by atoms with E-state index in [2.05, 4.69) is 57.5 Å². The van der Waals surface area contributed by atoms with Gasteiger partial charge in [0.05, 0.1) is 23.7 Å². The largest absolute Gasteiger partial charge is 0.491 e. The molecule has 6 rings (SSSR count). The molecular formula is C34H48Br2O7S3. The molecule has 0 atom stereocenters. The van der Waals surface area contributed by atoms with Crippen molar-refractivity contribution in [3.63, 3.8) is 0 Å². The lowest BCUT2D eigenvalue weighted by Crippen LogP contribution is -2.43. The van der Waals surface area contributed by atoms with Crippen LogP contribution in [0.2, 0.25) is 0 Å². The van der Waals surface area contributed by atoms with Crippen molar-refractivity contribution in [1.82, 2.24) is 0 Å². The molecule has 4 fully saturated rings. The van der Waals surface area contributed by atoms with Crippen molar-refractivity contribution >= 4 is 65.2 Å². The lowest BCUT2D eigenvalue weighted by atomic mass is 9.98. The summed E-state index contributed by atoms with van der Waals surface area (Å²) < 4.78 is 41.7. The molecule has 7 nitrogen and oxygen atoms in total. The van der Waals surface area contributed by atoms with Crippen molar-refractivity contribution in [2.24, 2.45) is 0 Å². The molecule has 0 aromatic heterocycles. The summed E-state index contributed by atoms with van der Waals surface area (Å²) in [5, 5.41) is 20.7. The summed E-state index contributed by atoms with van der Waals surface area (Å²) >= 11 is 11.0. The normalized spacial score (nSPS) is 22.0. The monoisotopic (exact) mass is 822 g/mol. The Morgan fingerprint density at radius 3 is 1.39 bits per heavy atom. The molecule has 2 N–H and O–H groups in total. The Hall–Kier alpha value is -0.470. The fraction of sp³-hybridized carbons (Fsp3) is 0.647. The Morgan fingerprint density at radius 1 is 0.696 bits per heavy atom. The van der Waals surface area contributed by atoms with Gasteiger partial charge in [0.2, 0.25) is 0 Å². The van der Waals surface area contributed by atoms with Gasteiger partial charge in [-0.3, -0.25) is 0 Å². The number of aliphatic hydroxyl groups is 2. The molecule has 46 heavy (non-hydrogen) atoms. The first-order chi connectivity index (χ1) is 21.6. The first-order valence-electron chi connectivity index (χ1n) is 15.9. The van der Waals surface area contributed by atoms with Crippen LogP contribution in [-0.4, -0.2) is 89.8 Å². The molecule has 0 aliphatic carbocycles. The SMILES string of the molecule is C1CC2(CCS1)CO2.Cc1cc(OCC2(O)CCS(=O)(=O)CC2)cc(C)c1Br.Cc1cc(OCC2(O)CCSCC2)cc(C)c1Br. The molecule has 0 amide bonds. The quantitative estimate of drug-likeness (QED) is 0.289. The number of rotatable bonds is 6. The zero-order chi connectivity index (χ0) is 33.6. The van der Waals surface area contributed by atoms with Gasteiger partial charge in [-0.05, 0) is 136 Å². The Balaban J connectivity index is 0.000000169. The molecule has 0 radical (unpaired) electrons. The third-order valence-electron chi connectivity index (χ3n) is 8.97. The number of thioether (sulfide) groups is 2. The molecule has 258 valence electrons. The van der Waals surface area contributed by atoms with Gasteiger partial charge in [0.1, 0.15) is 35.9 Å². The second-order valence-electron chi connectivity index (χ2n) is 13.1. The van der Waals surface area contributed by atoms with Crippen LogP contribution in [0.3, 0.4) is 0 Å². The van der Waals surface area contributed by atoms with Gasteiger partial charge in [0.25, 0.3) is 0 Å². The zero-order valence-electron chi connectivity index (χ0n) is 27.3. The number of sulfone groups is 1. The highest BCUT2D eigenvalue weighted by Gasteiger charge is 2.45. The second-order valence-corrected chi connectivity index (χ2v) is 19.5. The fourth-order valence-corrected chi connectivity index (χ4v) is 10.0. The van der Waals surface area contributed by atoms with Crippen LogP contribution in [0.15, 0.2) is 33.2 Å². The van der Waals surface area contributed by atoms with Crippen LogP contribution in [0, 0.1) is 27.7 Å². The highest BCUT2D eigenvalue weighted by Crippen LogP contribution is 2.40. The Bertz CT molecular complexity index is 1370. The molecule has 0 unspecified atom stereocenters. The van der Waals surface area contributed by atoms with Crippen molar-refractivity contribution in [1.29, 1.82) is 0 Å². The average molecular weight is 825 g/mol. The summed E-state index contributed by atoms with van der Waals surface area (Å²) in [5.41, 5.74) is 3.19. The van der Waals surface area contributed by atoms with Gasteiger partial charge in [-0.2, -0.15) is 23.5 Å². The predicted octanol–water partition coefficient (Wildman–Crippen LogP) is 7.37. The smallest absolute Gasteiger partial charge is 0.150 e. The summed E-state index contributed by atoms with van der Waals surface area (Å²) in [6.45, 7) is 9.63. The van der Waals surface area contributed by atoms with E-state index in [1.807, 2.05) is 49.9 Å². The van der Waals surface area contributed by atoms with Crippen LogP contribution in [0.1, 0.15) is 60.8 Å². The minimum absolute atomic E-state index is 0.0330. The average Bonchev–Trinajstić information content (AvgIpc) is 3.77. The van der Waals surface area contributed by atoms with Gasteiger partial charge in [0, 0.05) is 8.95 Å². The van der Waals surface area contributed by atoms with E-state index in [0.29, 0.717) is 18.0 Å². The van der Waals surface area contributed by atoms with E-state index in [4.69, 9.17) is 14.2 Å². The van der Waals surface area contributed by atoms with Crippen molar-refractivity contribution in [2.45, 2.75) is 83.0 Å². The van der Waals surface area contributed by atoms with Crippen LogP contribution >= 0.6 is 55.4 Å². The van der Waals surface area contributed by atoms with Crippen LogP contribution in [0.25, 0.3) is 0 Å². The van der Waals surface area contributed by atoms with Crippen molar-refractivity contribution in [2.75, 3.05) is 54.3 Å². The van der Waals surface area contributed by atoms with Crippen LogP contribution in [-0.2, 0) is 14.6 Å². The van der Waals surface area contributed by atoms with E-state index in [1.54, 1.807) is 0 Å². The molecule has 12 heteroatoms. The molecule has 0 saturated carbocycles. The number of hydrogen-bond donors (Lipinski definition) is 2. The number of epoxide rings is 1. The standard InChI is InChI=1S/C14H19BrO4S.C14H19BrO2S.C6H10OS/c1-10-7-12(8-11(2)13(10)15)19-9-14(16)3-5-20(17,18)6-4-14;1-10-7-12(8-11(2)13(10)15)17-9-14(16)3-5-18-6-4-14;1-3-8-4-2-6(1)5-7-6/h7-8,16H,3-6,9H2,1-2H3;7-8,16H,3-6,9H2,1-2H3;1-5H2. The van der Waals surface area contributed by atoms with E-state index >= 15 is 0 Å². The Morgan fingerprint density at radius 2 is 1.04 bits per heavy atom. The fourth-order valence-electron chi connectivity index (χ4n) is 5.51.